The van der Waals surface area contributed by atoms with Gasteiger partial charge in [-0.15, -0.1) is 11.3 Å². The molecule has 1 aliphatic rings. The first-order chi connectivity index (χ1) is 8.93. The minimum absolute atomic E-state index is 0.847. The summed E-state index contributed by atoms with van der Waals surface area (Å²) in [5.41, 5.74) is 3.06. The van der Waals surface area contributed by atoms with E-state index in [0.29, 0.717) is 0 Å². The van der Waals surface area contributed by atoms with Crippen molar-refractivity contribution >= 4 is 11.3 Å². The molecule has 0 atom stereocenters. The SMILES string of the molecule is c1csc(CCNCc2ccccc2C2CC2)c1. The van der Waals surface area contributed by atoms with E-state index >= 15 is 0 Å². The number of thiophene rings is 1. The molecule has 1 saturated carbocycles. The molecule has 1 heterocycles. The Kier molecular flexibility index (Phi) is 3.77. The summed E-state index contributed by atoms with van der Waals surface area (Å²) in [5, 5.41) is 5.72. The fourth-order valence-corrected chi connectivity index (χ4v) is 3.09. The van der Waals surface area contributed by atoms with Gasteiger partial charge in [-0.25, -0.2) is 0 Å². The van der Waals surface area contributed by atoms with Gasteiger partial charge in [-0.1, -0.05) is 30.3 Å². The number of nitrogens with one attached hydrogen (secondary N) is 1. The molecule has 0 aliphatic heterocycles. The number of benzene rings is 1. The smallest absolute Gasteiger partial charge is 0.0208 e. The second-order valence-corrected chi connectivity index (χ2v) is 6.01. The maximum Gasteiger partial charge on any atom is 0.0208 e. The normalized spacial score (nSPS) is 14.9. The summed E-state index contributed by atoms with van der Waals surface area (Å²) in [6.45, 7) is 2.08. The van der Waals surface area contributed by atoms with Crippen LogP contribution in [-0.4, -0.2) is 6.54 Å². The average molecular weight is 257 g/mol. The first kappa shape index (κ1) is 11.9. The monoisotopic (exact) mass is 257 g/mol. The van der Waals surface area contributed by atoms with Crippen LogP contribution in [-0.2, 0) is 13.0 Å². The van der Waals surface area contributed by atoms with E-state index in [2.05, 4.69) is 47.1 Å². The Morgan fingerprint density at radius 1 is 1.11 bits per heavy atom. The van der Waals surface area contributed by atoms with Gasteiger partial charge < -0.3 is 5.32 Å². The second kappa shape index (κ2) is 5.68. The zero-order valence-electron chi connectivity index (χ0n) is 10.6. The molecule has 0 bridgehead atoms. The molecule has 0 unspecified atom stereocenters. The Balaban J connectivity index is 1.50. The van der Waals surface area contributed by atoms with Crippen molar-refractivity contribution in [1.29, 1.82) is 0 Å². The van der Waals surface area contributed by atoms with Gasteiger partial charge in [0.1, 0.15) is 0 Å². The van der Waals surface area contributed by atoms with Crippen LogP contribution in [0.25, 0.3) is 0 Å². The molecule has 1 nitrogen and oxygen atoms in total. The fraction of sp³-hybridized carbons (Fsp3) is 0.375. The van der Waals surface area contributed by atoms with Crippen molar-refractivity contribution in [3.05, 3.63) is 57.8 Å². The molecule has 1 aromatic heterocycles. The average Bonchev–Trinajstić information content (AvgIpc) is 3.12. The minimum Gasteiger partial charge on any atom is -0.312 e. The Morgan fingerprint density at radius 2 is 2.00 bits per heavy atom. The molecular formula is C16H19NS. The molecule has 3 rings (SSSR count). The van der Waals surface area contributed by atoms with Crippen LogP contribution in [0.2, 0.25) is 0 Å². The number of hydrogen-bond donors (Lipinski definition) is 1. The van der Waals surface area contributed by atoms with E-state index in [0.717, 1.165) is 25.4 Å². The van der Waals surface area contributed by atoms with Crippen LogP contribution in [0.5, 0.6) is 0 Å². The largest absolute Gasteiger partial charge is 0.312 e. The van der Waals surface area contributed by atoms with E-state index in [1.54, 1.807) is 5.56 Å². The van der Waals surface area contributed by atoms with Crippen molar-refractivity contribution in [2.24, 2.45) is 0 Å². The predicted octanol–water partition coefficient (Wildman–Crippen LogP) is 3.96. The molecule has 0 saturated heterocycles. The standard InChI is InChI=1S/C16H19NS/c1-2-6-16(13-7-8-13)14(4-1)12-17-10-9-15-5-3-11-18-15/h1-6,11,13,17H,7-10,12H2. The number of rotatable bonds is 6. The van der Waals surface area contributed by atoms with Gasteiger partial charge >= 0.3 is 0 Å². The minimum atomic E-state index is 0.847. The third-order valence-electron chi connectivity index (χ3n) is 3.52. The van der Waals surface area contributed by atoms with Crippen LogP contribution in [0.15, 0.2) is 41.8 Å². The van der Waals surface area contributed by atoms with Crippen LogP contribution < -0.4 is 5.32 Å². The topological polar surface area (TPSA) is 12.0 Å². The van der Waals surface area contributed by atoms with E-state index < -0.39 is 0 Å². The van der Waals surface area contributed by atoms with Gasteiger partial charge in [0.2, 0.25) is 0 Å². The van der Waals surface area contributed by atoms with E-state index in [1.807, 2.05) is 11.3 Å². The lowest BCUT2D eigenvalue weighted by atomic mass is 10.0. The van der Waals surface area contributed by atoms with Crippen LogP contribution in [0, 0.1) is 0 Å². The summed E-state index contributed by atoms with van der Waals surface area (Å²) < 4.78 is 0. The lowest BCUT2D eigenvalue weighted by Crippen LogP contribution is -2.17. The third-order valence-corrected chi connectivity index (χ3v) is 4.45. The van der Waals surface area contributed by atoms with Gasteiger partial charge in [0, 0.05) is 18.0 Å². The van der Waals surface area contributed by atoms with Crippen molar-refractivity contribution < 1.29 is 0 Å². The Bertz CT molecular complexity index is 486. The summed E-state index contributed by atoms with van der Waals surface area (Å²) in [6, 6.07) is 13.2. The molecule has 18 heavy (non-hydrogen) atoms. The predicted molar refractivity (Wildman–Crippen MR) is 78.1 cm³/mol. The van der Waals surface area contributed by atoms with Crippen LogP contribution in [0.4, 0.5) is 0 Å². The van der Waals surface area contributed by atoms with Crippen molar-refractivity contribution in [3.8, 4) is 0 Å². The molecule has 0 radical (unpaired) electrons. The highest BCUT2D eigenvalue weighted by Gasteiger charge is 2.25. The summed E-state index contributed by atoms with van der Waals surface area (Å²) >= 11 is 1.85. The summed E-state index contributed by atoms with van der Waals surface area (Å²) in [6.07, 6.45) is 3.90. The first-order valence-electron chi connectivity index (χ1n) is 6.74. The molecule has 2 heteroatoms. The molecule has 1 aliphatic carbocycles. The first-order valence-corrected chi connectivity index (χ1v) is 7.62. The molecule has 1 N–H and O–H groups in total. The van der Waals surface area contributed by atoms with Crippen molar-refractivity contribution in [2.45, 2.75) is 31.7 Å². The van der Waals surface area contributed by atoms with Gasteiger partial charge in [0.25, 0.3) is 0 Å². The highest BCUT2D eigenvalue weighted by Crippen LogP contribution is 2.41. The van der Waals surface area contributed by atoms with E-state index in [-0.39, 0.29) is 0 Å². The van der Waals surface area contributed by atoms with Crippen LogP contribution in [0.1, 0.15) is 34.8 Å². The van der Waals surface area contributed by atoms with Gasteiger partial charge in [0.15, 0.2) is 0 Å². The maximum absolute atomic E-state index is 3.57. The van der Waals surface area contributed by atoms with E-state index in [1.165, 1.54) is 23.3 Å². The molecular weight excluding hydrogens is 238 g/mol. The molecule has 2 aromatic rings. The quantitative estimate of drug-likeness (QED) is 0.772. The van der Waals surface area contributed by atoms with Crippen LogP contribution in [0.3, 0.4) is 0 Å². The van der Waals surface area contributed by atoms with Crippen LogP contribution >= 0.6 is 11.3 Å². The van der Waals surface area contributed by atoms with Gasteiger partial charge in [-0.2, -0.15) is 0 Å². The molecule has 0 amide bonds. The third kappa shape index (κ3) is 3.01. The number of hydrogen-bond acceptors (Lipinski definition) is 2. The van der Waals surface area contributed by atoms with Crippen molar-refractivity contribution in [1.82, 2.24) is 5.32 Å². The van der Waals surface area contributed by atoms with E-state index in [9.17, 15) is 0 Å². The Hall–Kier alpha value is -1.12. The highest BCUT2D eigenvalue weighted by molar-refractivity contribution is 7.09. The fourth-order valence-electron chi connectivity index (χ4n) is 2.38. The summed E-state index contributed by atoms with van der Waals surface area (Å²) in [4.78, 5) is 1.47. The zero-order valence-corrected chi connectivity index (χ0v) is 11.4. The zero-order chi connectivity index (χ0) is 12.2. The van der Waals surface area contributed by atoms with Gasteiger partial charge in [0.05, 0.1) is 0 Å². The lowest BCUT2D eigenvalue weighted by Gasteiger charge is -2.09. The molecule has 0 spiro atoms. The van der Waals surface area contributed by atoms with Gasteiger partial charge in [-0.3, -0.25) is 0 Å². The molecule has 1 fully saturated rings. The van der Waals surface area contributed by atoms with Crippen molar-refractivity contribution in [3.63, 3.8) is 0 Å². The second-order valence-electron chi connectivity index (χ2n) is 4.98. The van der Waals surface area contributed by atoms with Crippen molar-refractivity contribution in [2.75, 3.05) is 6.54 Å². The molecule has 1 aromatic carbocycles. The highest BCUT2D eigenvalue weighted by atomic mass is 32.1. The maximum atomic E-state index is 3.57. The Labute approximate surface area is 113 Å². The van der Waals surface area contributed by atoms with E-state index in [4.69, 9.17) is 0 Å². The lowest BCUT2D eigenvalue weighted by molar-refractivity contribution is 0.685. The summed E-state index contributed by atoms with van der Waals surface area (Å²) in [7, 11) is 0. The Morgan fingerprint density at radius 3 is 2.78 bits per heavy atom. The molecule has 94 valence electrons. The van der Waals surface area contributed by atoms with Gasteiger partial charge in [-0.05, 0) is 47.8 Å². The summed E-state index contributed by atoms with van der Waals surface area (Å²) in [5.74, 6) is 0.847.